The minimum absolute atomic E-state index is 0.0856. The van der Waals surface area contributed by atoms with Gasteiger partial charge in [-0.15, -0.1) is 0 Å². The highest BCUT2D eigenvalue weighted by Crippen LogP contribution is 2.21. The Morgan fingerprint density at radius 2 is 1.16 bits per heavy atom. The average molecular weight is 563 g/mol. The van der Waals surface area contributed by atoms with E-state index in [9.17, 15) is 14.4 Å². The number of carbonyl (C=O) groups is 3. The molecule has 5 heteroatoms. The van der Waals surface area contributed by atoms with Gasteiger partial charge in [0.1, 0.15) is 5.70 Å². The van der Waals surface area contributed by atoms with Crippen LogP contribution < -0.4 is 10.6 Å². The highest BCUT2D eigenvalue weighted by atomic mass is 16.2. The third-order valence-corrected chi connectivity index (χ3v) is 6.79. The van der Waals surface area contributed by atoms with E-state index in [1.54, 1.807) is 60.7 Å². The summed E-state index contributed by atoms with van der Waals surface area (Å²) in [5, 5.41) is 5.59. The molecule has 5 nitrogen and oxygen atoms in total. The Hall–Kier alpha value is -5.81. The van der Waals surface area contributed by atoms with Gasteiger partial charge in [-0.05, 0) is 77.7 Å². The molecule has 0 unspecified atom stereocenters. The van der Waals surface area contributed by atoms with E-state index >= 15 is 0 Å². The fourth-order valence-corrected chi connectivity index (χ4v) is 4.37. The van der Waals surface area contributed by atoms with Gasteiger partial charge in [0, 0.05) is 16.8 Å². The van der Waals surface area contributed by atoms with Crippen LogP contribution in [-0.4, -0.2) is 17.6 Å². The van der Waals surface area contributed by atoms with Crippen LogP contribution in [0.15, 0.2) is 145 Å². The van der Waals surface area contributed by atoms with Gasteiger partial charge in [-0.1, -0.05) is 109 Å². The molecule has 0 aliphatic carbocycles. The molecule has 0 aromatic heterocycles. The molecule has 0 radical (unpaired) electrons. The largest absolute Gasteiger partial charge is 0.321 e. The second-order valence-electron chi connectivity index (χ2n) is 10.0. The van der Waals surface area contributed by atoms with Crippen LogP contribution in [0.4, 0.5) is 5.69 Å². The van der Waals surface area contributed by atoms with E-state index in [4.69, 9.17) is 0 Å². The molecular formula is C38H30N2O3. The number of ketones is 1. The lowest BCUT2D eigenvalue weighted by Crippen LogP contribution is -2.30. The molecule has 5 rings (SSSR count). The van der Waals surface area contributed by atoms with Crippen molar-refractivity contribution in [3.63, 3.8) is 0 Å². The van der Waals surface area contributed by atoms with Crippen LogP contribution in [0.2, 0.25) is 0 Å². The predicted octanol–water partition coefficient (Wildman–Crippen LogP) is 7.97. The Balaban J connectivity index is 1.32. The van der Waals surface area contributed by atoms with Gasteiger partial charge >= 0.3 is 0 Å². The Morgan fingerprint density at radius 3 is 1.81 bits per heavy atom. The van der Waals surface area contributed by atoms with E-state index in [1.807, 2.05) is 91.9 Å². The van der Waals surface area contributed by atoms with Crippen molar-refractivity contribution in [1.82, 2.24) is 5.32 Å². The zero-order valence-corrected chi connectivity index (χ0v) is 23.7. The Bertz CT molecular complexity index is 1770. The van der Waals surface area contributed by atoms with E-state index in [0.717, 1.165) is 27.8 Å². The second-order valence-corrected chi connectivity index (χ2v) is 10.0. The summed E-state index contributed by atoms with van der Waals surface area (Å²) in [6.45, 7) is 2.01. The van der Waals surface area contributed by atoms with Gasteiger partial charge < -0.3 is 10.6 Å². The quantitative estimate of drug-likeness (QED) is 0.141. The summed E-state index contributed by atoms with van der Waals surface area (Å²) >= 11 is 0. The number of anilines is 1. The average Bonchev–Trinajstić information content (AvgIpc) is 3.05. The number of hydrogen-bond acceptors (Lipinski definition) is 3. The second kappa shape index (κ2) is 13.7. The van der Waals surface area contributed by atoms with E-state index in [-0.39, 0.29) is 11.5 Å². The summed E-state index contributed by atoms with van der Waals surface area (Å²) in [4.78, 5) is 39.0. The molecule has 2 N–H and O–H groups in total. The highest BCUT2D eigenvalue weighted by molar-refractivity contribution is 6.11. The van der Waals surface area contributed by atoms with Crippen LogP contribution in [0.1, 0.15) is 37.4 Å². The van der Waals surface area contributed by atoms with Crippen molar-refractivity contribution >= 4 is 35.4 Å². The number of allylic oxidation sites excluding steroid dienone is 1. The van der Waals surface area contributed by atoms with E-state index in [2.05, 4.69) is 10.6 Å². The number of benzene rings is 5. The van der Waals surface area contributed by atoms with Gasteiger partial charge in [0.25, 0.3) is 11.8 Å². The number of nitrogens with one attached hydrogen (secondary N) is 2. The summed E-state index contributed by atoms with van der Waals surface area (Å²) < 4.78 is 0. The van der Waals surface area contributed by atoms with Crippen molar-refractivity contribution in [2.45, 2.75) is 6.92 Å². The van der Waals surface area contributed by atoms with Crippen molar-refractivity contribution in [1.29, 1.82) is 0 Å². The van der Waals surface area contributed by atoms with Crippen LogP contribution in [0.3, 0.4) is 0 Å². The van der Waals surface area contributed by atoms with Crippen LogP contribution in [0.25, 0.3) is 23.3 Å². The molecule has 0 spiro atoms. The molecule has 0 heterocycles. The van der Waals surface area contributed by atoms with Crippen molar-refractivity contribution in [2.75, 3.05) is 5.32 Å². The molecule has 2 amide bonds. The first-order chi connectivity index (χ1) is 20.9. The molecule has 0 saturated carbocycles. The van der Waals surface area contributed by atoms with Gasteiger partial charge in [-0.3, -0.25) is 14.4 Å². The Labute approximate surface area is 251 Å². The molecule has 0 aliphatic heterocycles. The van der Waals surface area contributed by atoms with E-state index in [1.165, 1.54) is 6.08 Å². The maximum atomic E-state index is 13.4. The first-order valence-corrected chi connectivity index (χ1v) is 13.9. The lowest BCUT2D eigenvalue weighted by atomic mass is 10.0. The summed E-state index contributed by atoms with van der Waals surface area (Å²) in [6, 6.07) is 41.0. The summed E-state index contributed by atoms with van der Waals surface area (Å²) in [6.07, 6.45) is 4.94. The first-order valence-electron chi connectivity index (χ1n) is 13.9. The van der Waals surface area contributed by atoms with Crippen LogP contribution in [0, 0.1) is 6.92 Å². The van der Waals surface area contributed by atoms with Crippen molar-refractivity contribution in [2.24, 2.45) is 0 Å². The van der Waals surface area contributed by atoms with Gasteiger partial charge in [0.05, 0.1) is 0 Å². The Kier molecular flexibility index (Phi) is 9.15. The van der Waals surface area contributed by atoms with E-state index in [0.29, 0.717) is 16.8 Å². The number of hydrogen-bond donors (Lipinski definition) is 2. The third-order valence-electron chi connectivity index (χ3n) is 6.79. The minimum Gasteiger partial charge on any atom is -0.321 e. The molecule has 0 atom stereocenters. The van der Waals surface area contributed by atoms with E-state index < -0.39 is 11.8 Å². The maximum absolute atomic E-state index is 13.4. The molecule has 0 aliphatic rings. The number of aryl methyl sites for hydroxylation is 1. The predicted molar refractivity (Wildman–Crippen MR) is 173 cm³/mol. The molecule has 0 bridgehead atoms. The van der Waals surface area contributed by atoms with Crippen LogP contribution in [-0.2, 0) is 4.79 Å². The van der Waals surface area contributed by atoms with Crippen LogP contribution in [0.5, 0.6) is 0 Å². The highest BCUT2D eigenvalue weighted by Gasteiger charge is 2.15. The van der Waals surface area contributed by atoms with Crippen molar-refractivity contribution in [3.8, 4) is 11.1 Å². The monoisotopic (exact) mass is 562 g/mol. The van der Waals surface area contributed by atoms with Gasteiger partial charge in [0.2, 0.25) is 0 Å². The summed E-state index contributed by atoms with van der Waals surface area (Å²) in [5.74, 6) is -1.04. The lowest BCUT2D eigenvalue weighted by molar-refractivity contribution is -0.113. The molecule has 5 aromatic rings. The van der Waals surface area contributed by atoms with Crippen molar-refractivity contribution in [3.05, 3.63) is 173 Å². The fraction of sp³-hybridized carbons (Fsp3) is 0.0263. The summed E-state index contributed by atoms with van der Waals surface area (Å²) in [5.41, 5.74) is 6.47. The van der Waals surface area contributed by atoms with Crippen LogP contribution >= 0.6 is 0 Å². The number of rotatable bonds is 9. The SMILES string of the molecule is Cc1ccc(/C=C/C(=O)c2ccc(NC(=O)/C(=C/c3ccc(-c4ccccc4)cc3)NC(=O)c3ccccc3)cc2)cc1. The zero-order chi connectivity index (χ0) is 30.0. The minimum atomic E-state index is -0.491. The maximum Gasteiger partial charge on any atom is 0.272 e. The molecule has 43 heavy (non-hydrogen) atoms. The molecule has 0 fully saturated rings. The normalized spacial score (nSPS) is 11.2. The number of carbonyl (C=O) groups excluding carboxylic acids is 3. The summed E-state index contributed by atoms with van der Waals surface area (Å²) in [7, 11) is 0. The number of amides is 2. The van der Waals surface area contributed by atoms with Crippen molar-refractivity contribution < 1.29 is 14.4 Å². The first kappa shape index (κ1) is 28.7. The van der Waals surface area contributed by atoms with Gasteiger partial charge in [0.15, 0.2) is 5.78 Å². The topological polar surface area (TPSA) is 75.3 Å². The Morgan fingerprint density at radius 1 is 0.581 bits per heavy atom. The fourth-order valence-electron chi connectivity index (χ4n) is 4.37. The zero-order valence-electron chi connectivity index (χ0n) is 23.7. The molecule has 0 saturated heterocycles. The molecular weight excluding hydrogens is 532 g/mol. The molecule has 210 valence electrons. The lowest BCUT2D eigenvalue weighted by Gasteiger charge is -2.12. The molecule has 5 aromatic carbocycles. The third kappa shape index (κ3) is 7.90. The van der Waals surface area contributed by atoms with Gasteiger partial charge in [-0.25, -0.2) is 0 Å². The smallest absolute Gasteiger partial charge is 0.272 e. The standard InChI is InChI=1S/C38H30N2O3/c1-27-12-14-28(15-13-27)18-25-36(41)32-21-23-34(24-22-32)39-38(43)35(40-37(42)33-10-6-3-7-11-33)26-29-16-19-31(20-17-29)30-8-4-2-5-9-30/h2-26H,1H3,(H,39,43)(H,40,42)/b25-18+,35-26-. The van der Waals surface area contributed by atoms with Gasteiger partial charge in [-0.2, -0.15) is 0 Å².